The van der Waals surface area contributed by atoms with E-state index in [1.165, 1.54) is 44.1 Å². The zero-order chi connectivity index (χ0) is 21.6. The number of rotatable bonds is 5. The maximum Gasteiger partial charge on any atom is 0.0717 e. The van der Waals surface area contributed by atoms with E-state index in [0.717, 1.165) is 43.8 Å². The molecular weight excluding hydrogens is 384 g/mol. The number of fused-ring (bicyclic) bond motifs is 5. The maximum absolute atomic E-state index is 10.4. The van der Waals surface area contributed by atoms with Crippen LogP contribution in [0.2, 0.25) is 0 Å². The molecule has 0 amide bonds. The molecule has 4 aliphatic rings. The van der Waals surface area contributed by atoms with Crippen molar-refractivity contribution in [1.82, 2.24) is 0 Å². The van der Waals surface area contributed by atoms with Crippen molar-refractivity contribution in [2.75, 3.05) is 13.7 Å². The Bertz CT molecular complexity index is 750. The number of hydrogen-bond donors (Lipinski definition) is 1. The Morgan fingerprint density at radius 3 is 2.42 bits per heavy atom. The van der Waals surface area contributed by atoms with Gasteiger partial charge < -0.3 is 14.6 Å². The summed E-state index contributed by atoms with van der Waals surface area (Å²) >= 11 is 0. The van der Waals surface area contributed by atoms with Crippen molar-refractivity contribution in [1.29, 1.82) is 0 Å². The summed E-state index contributed by atoms with van der Waals surface area (Å²) in [5, 5.41) is 10.4. The smallest absolute Gasteiger partial charge is 0.0717 e. The minimum absolute atomic E-state index is 0.126. The largest absolute Gasteiger partial charge is 0.393 e. The van der Waals surface area contributed by atoms with Crippen LogP contribution < -0.4 is 0 Å². The molecule has 172 valence electrons. The van der Waals surface area contributed by atoms with Gasteiger partial charge in [0.05, 0.1) is 25.4 Å². The first-order valence-electron chi connectivity index (χ1n) is 12.8. The van der Waals surface area contributed by atoms with Gasteiger partial charge in [0.15, 0.2) is 0 Å². The van der Waals surface area contributed by atoms with Crippen molar-refractivity contribution in [3.8, 4) is 0 Å². The van der Waals surface area contributed by atoms with Gasteiger partial charge in [0.25, 0.3) is 0 Å². The van der Waals surface area contributed by atoms with Crippen molar-refractivity contribution in [2.45, 2.75) is 84.0 Å². The molecule has 0 bridgehead atoms. The molecule has 0 radical (unpaired) electrons. The van der Waals surface area contributed by atoms with E-state index in [2.05, 4.69) is 44.2 Å². The summed E-state index contributed by atoms with van der Waals surface area (Å²) in [5.74, 6) is 3.59. The first-order valence-corrected chi connectivity index (χ1v) is 12.8. The lowest BCUT2D eigenvalue weighted by molar-refractivity contribution is -0.179. The summed E-state index contributed by atoms with van der Waals surface area (Å²) in [6, 6.07) is 10.6. The van der Waals surface area contributed by atoms with Crippen LogP contribution in [0.4, 0.5) is 0 Å². The van der Waals surface area contributed by atoms with Gasteiger partial charge in [-0.1, -0.05) is 44.2 Å². The molecule has 4 fully saturated rings. The number of aliphatic hydroxyl groups is 1. The summed E-state index contributed by atoms with van der Waals surface area (Å²) in [7, 11) is 1.91. The van der Waals surface area contributed by atoms with Crippen molar-refractivity contribution >= 4 is 0 Å². The Morgan fingerprint density at radius 2 is 1.65 bits per heavy atom. The first-order chi connectivity index (χ1) is 15.0. The Morgan fingerprint density at radius 1 is 0.903 bits per heavy atom. The molecule has 1 unspecified atom stereocenters. The molecule has 9 atom stereocenters. The van der Waals surface area contributed by atoms with Crippen LogP contribution in [0.1, 0.15) is 70.8 Å². The van der Waals surface area contributed by atoms with Gasteiger partial charge >= 0.3 is 0 Å². The first kappa shape index (κ1) is 21.9. The highest BCUT2D eigenvalue weighted by Gasteiger charge is 2.62. The summed E-state index contributed by atoms with van der Waals surface area (Å²) < 4.78 is 12.4. The lowest BCUT2D eigenvalue weighted by atomic mass is 9.44. The van der Waals surface area contributed by atoms with Gasteiger partial charge in [0.1, 0.15) is 0 Å². The van der Waals surface area contributed by atoms with Crippen molar-refractivity contribution < 1.29 is 14.6 Å². The topological polar surface area (TPSA) is 38.7 Å². The van der Waals surface area contributed by atoms with Crippen LogP contribution in [0.5, 0.6) is 0 Å². The van der Waals surface area contributed by atoms with Crippen LogP contribution in [0, 0.1) is 40.4 Å². The third-order valence-corrected chi connectivity index (χ3v) is 10.6. The average Bonchev–Trinajstić information content (AvgIpc) is 3.11. The fourth-order valence-electron chi connectivity index (χ4n) is 8.78. The minimum Gasteiger partial charge on any atom is -0.393 e. The molecule has 3 heteroatoms. The monoisotopic (exact) mass is 426 g/mol. The molecule has 1 aromatic carbocycles. The Kier molecular flexibility index (Phi) is 5.99. The zero-order valence-electron chi connectivity index (χ0n) is 19.8. The van der Waals surface area contributed by atoms with E-state index >= 15 is 0 Å². The number of aliphatic hydroxyl groups excluding tert-OH is 1. The van der Waals surface area contributed by atoms with Crippen LogP contribution in [0.3, 0.4) is 0 Å². The average molecular weight is 427 g/mol. The van der Waals surface area contributed by atoms with E-state index in [-0.39, 0.29) is 6.10 Å². The van der Waals surface area contributed by atoms with Crippen molar-refractivity contribution in [3.63, 3.8) is 0 Å². The predicted molar refractivity (Wildman–Crippen MR) is 124 cm³/mol. The Balaban J connectivity index is 1.30. The highest BCUT2D eigenvalue weighted by atomic mass is 16.5. The van der Waals surface area contributed by atoms with Crippen LogP contribution in [-0.4, -0.2) is 31.0 Å². The molecule has 0 aliphatic heterocycles. The normalized spacial score (nSPS) is 46.8. The maximum atomic E-state index is 10.4. The molecule has 5 rings (SSSR count). The highest BCUT2D eigenvalue weighted by Crippen LogP contribution is 2.67. The molecule has 31 heavy (non-hydrogen) atoms. The van der Waals surface area contributed by atoms with E-state index in [0.29, 0.717) is 28.8 Å². The van der Waals surface area contributed by atoms with Gasteiger partial charge in [-0.2, -0.15) is 0 Å². The number of methoxy groups -OCH3 is 1. The van der Waals surface area contributed by atoms with E-state index in [1.807, 2.05) is 7.11 Å². The molecule has 4 saturated carbocycles. The second kappa shape index (κ2) is 8.47. The van der Waals surface area contributed by atoms with Gasteiger partial charge in [0.2, 0.25) is 0 Å². The van der Waals surface area contributed by atoms with Crippen LogP contribution in [0.15, 0.2) is 30.3 Å². The standard InChI is InChI=1S/C28H42O3/c1-27-14-12-24-22(16-26(30-3)25-15-21(29)11-13-28(24,25)2)23(27)10-9-20(27)18-31-17-19-7-5-4-6-8-19/h4-8,20-26,29H,9-18H2,1-3H3/t20?,21-,22+,23+,24+,25-,26-,27-,28-/m1/s1. The third kappa shape index (κ3) is 3.69. The molecule has 1 aromatic rings. The van der Waals surface area contributed by atoms with Gasteiger partial charge in [-0.25, -0.2) is 0 Å². The predicted octanol–water partition coefficient (Wildman–Crippen LogP) is 5.85. The Hall–Kier alpha value is -0.900. The molecule has 0 spiro atoms. The fraction of sp³-hybridized carbons (Fsp3) is 0.786. The number of benzene rings is 1. The quantitative estimate of drug-likeness (QED) is 0.642. The summed E-state index contributed by atoms with van der Waals surface area (Å²) in [4.78, 5) is 0. The van der Waals surface area contributed by atoms with E-state index in [9.17, 15) is 5.11 Å². The van der Waals surface area contributed by atoms with Crippen molar-refractivity contribution in [2.24, 2.45) is 40.4 Å². The molecule has 3 nitrogen and oxygen atoms in total. The second-order valence-electron chi connectivity index (χ2n) is 11.7. The summed E-state index contributed by atoms with van der Waals surface area (Å²) in [6.07, 6.45) is 9.86. The van der Waals surface area contributed by atoms with Gasteiger partial charge in [-0.15, -0.1) is 0 Å². The zero-order valence-corrected chi connectivity index (χ0v) is 19.8. The molecule has 1 N–H and O–H groups in total. The Labute approximate surface area is 188 Å². The lowest BCUT2D eigenvalue weighted by Crippen LogP contribution is -2.58. The molecule has 0 saturated heterocycles. The van der Waals surface area contributed by atoms with Gasteiger partial charge in [-0.05, 0) is 97.3 Å². The minimum atomic E-state index is -0.126. The lowest BCUT2D eigenvalue weighted by Gasteiger charge is -2.62. The fourth-order valence-corrected chi connectivity index (χ4v) is 8.78. The molecular formula is C28H42O3. The third-order valence-electron chi connectivity index (χ3n) is 10.6. The highest BCUT2D eigenvalue weighted by molar-refractivity contribution is 5.14. The summed E-state index contributed by atoms with van der Waals surface area (Å²) in [5.41, 5.74) is 2.03. The van der Waals surface area contributed by atoms with Gasteiger partial charge in [0, 0.05) is 7.11 Å². The van der Waals surface area contributed by atoms with E-state index < -0.39 is 0 Å². The van der Waals surface area contributed by atoms with Crippen LogP contribution in [0.25, 0.3) is 0 Å². The molecule has 0 aromatic heterocycles. The molecule has 4 aliphatic carbocycles. The van der Waals surface area contributed by atoms with E-state index in [4.69, 9.17) is 9.47 Å². The van der Waals surface area contributed by atoms with Gasteiger partial charge in [-0.3, -0.25) is 0 Å². The number of ether oxygens (including phenoxy) is 2. The van der Waals surface area contributed by atoms with E-state index in [1.54, 1.807) is 0 Å². The molecule has 0 heterocycles. The SMILES string of the molecule is CO[C@@H]1C[C@@H]2[C@H](CC[C@]3(C)C(COCc4ccccc4)CC[C@@H]23)[C@@]2(C)CC[C@@H](O)C[C@H]12. The van der Waals surface area contributed by atoms with Crippen molar-refractivity contribution in [3.05, 3.63) is 35.9 Å². The second-order valence-corrected chi connectivity index (χ2v) is 11.7. The van der Waals surface area contributed by atoms with Crippen LogP contribution in [-0.2, 0) is 16.1 Å². The summed E-state index contributed by atoms with van der Waals surface area (Å²) in [6.45, 7) is 6.76. The van der Waals surface area contributed by atoms with Crippen LogP contribution >= 0.6 is 0 Å². The number of hydrogen-bond acceptors (Lipinski definition) is 3.